The van der Waals surface area contributed by atoms with E-state index in [0.29, 0.717) is 6.54 Å². The van der Waals surface area contributed by atoms with E-state index < -0.39 is 0 Å². The predicted octanol–water partition coefficient (Wildman–Crippen LogP) is 0.0842. The van der Waals surface area contributed by atoms with E-state index in [0.717, 1.165) is 6.42 Å². The molecule has 1 atom stereocenters. The molecule has 0 aliphatic carbocycles. The average molecular weight is 160 g/mol. The van der Waals surface area contributed by atoms with Gasteiger partial charge in [-0.05, 0) is 27.2 Å². The van der Waals surface area contributed by atoms with E-state index in [1.165, 1.54) is 0 Å². The Labute approximate surface area is 69.0 Å². The summed E-state index contributed by atoms with van der Waals surface area (Å²) in [6, 6.07) is 0.205. The highest BCUT2D eigenvalue weighted by Crippen LogP contribution is 2.09. The molecular formula is C8H20N2O. The molecule has 0 saturated heterocycles. The van der Waals surface area contributed by atoms with E-state index in [4.69, 9.17) is 10.8 Å². The molecule has 0 aromatic carbocycles. The van der Waals surface area contributed by atoms with E-state index in [1.54, 1.807) is 0 Å². The molecule has 0 aliphatic rings. The molecule has 0 aromatic rings. The molecule has 0 spiro atoms. The first-order valence-electron chi connectivity index (χ1n) is 4.09. The molecule has 3 nitrogen and oxygen atoms in total. The minimum atomic E-state index is 0.0386. The fraction of sp³-hybridized carbons (Fsp3) is 1.00. The van der Waals surface area contributed by atoms with Gasteiger partial charge in [-0.25, -0.2) is 0 Å². The van der Waals surface area contributed by atoms with Gasteiger partial charge in [-0.1, -0.05) is 0 Å². The summed E-state index contributed by atoms with van der Waals surface area (Å²) >= 11 is 0. The van der Waals surface area contributed by atoms with Gasteiger partial charge in [-0.2, -0.15) is 0 Å². The van der Waals surface area contributed by atoms with Gasteiger partial charge in [0.25, 0.3) is 0 Å². The Morgan fingerprint density at radius 1 is 1.55 bits per heavy atom. The lowest BCUT2D eigenvalue weighted by molar-refractivity contribution is 0.256. The number of rotatable bonds is 5. The first-order chi connectivity index (χ1) is 4.98. The van der Waals surface area contributed by atoms with Crippen molar-refractivity contribution in [3.63, 3.8) is 0 Å². The van der Waals surface area contributed by atoms with Crippen molar-refractivity contribution in [1.29, 1.82) is 0 Å². The highest BCUT2D eigenvalue weighted by Gasteiger charge is 2.17. The third-order valence-corrected chi connectivity index (χ3v) is 1.55. The molecule has 3 heteroatoms. The largest absolute Gasteiger partial charge is 0.395 e. The molecule has 0 aromatic heterocycles. The molecule has 0 heterocycles. The maximum Gasteiger partial charge on any atom is 0.0556 e. The number of hydrogen-bond donors (Lipinski definition) is 3. The number of β-amino-alcohol motifs (C(OH)–C–C–N with tert-alkyl or cyclic N) is 1. The minimum absolute atomic E-state index is 0.0386. The summed E-state index contributed by atoms with van der Waals surface area (Å²) in [6.45, 7) is 6.99. The zero-order valence-corrected chi connectivity index (χ0v) is 7.72. The van der Waals surface area contributed by atoms with E-state index in [9.17, 15) is 0 Å². The summed E-state index contributed by atoms with van der Waals surface area (Å²) in [5.74, 6) is 0. The van der Waals surface area contributed by atoms with Crippen LogP contribution in [-0.4, -0.2) is 29.8 Å². The highest BCUT2D eigenvalue weighted by molar-refractivity contribution is 4.80. The second kappa shape index (κ2) is 4.70. The molecule has 0 unspecified atom stereocenters. The van der Waals surface area contributed by atoms with Gasteiger partial charge in [-0.3, -0.25) is 0 Å². The van der Waals surface area contributed by atoms with Crippen LogP contribution in [0.4, 0.5) is 0 Å². The monoisotopic (exact) mass is 160 g/mol. The van der Waals surface area contributed by atoms with Crippen LogP contribution < -0.4 is 11.1 Å². The van der Waals surface area contributed by atoms with Crippen LogP contribution in [0, 0.1) is 0 Å². The van der Waals surface area contributed by atoms with Gasteiger partial charge in [0.1, 0.15) is 0 Å². The summed E-state index contributed by atoms with van der Waals surface area (Å²) < 4.78 is 0. The van der Waals surface area contributed by atoms with E-state index in [2.05, 4.69) is 19.2 Å². The number of aliphatic hydroxyl groups is 1. The number of aliphatic hydroxyl groups excluding tert-OH is 1. The van der Waals surface area contributed by atoms with Gasteiger partial charge < -0.3 is 16.2 Å². The number of nitrogens with two attached hydrogens (primary N) is 1. The maximum absolute atomic E-state index is 8.57. The molecule has 0 radical (unpaired) electrons. The summed E-state index contributed by atoms with van der Waals surface area (Å²) in [5.41, 5.74) is 5.69. The first kappa shape index (κ1) is 10.9. The predicted molar refractivity (Wildman–Crippen MR) is 47.4 cm³/mol. The van der Waals surface area contributed by atoms with Crippen LogP contribution in [0.25, 0.3) is 0 Å². The first-order valence-corrected chi connectivity index (χ1v) is 4.09. The van der Waals surface area contributed by atoms with Crippen molar-refractivity contribution in [3.05, 3.63) is 0 Å². The number of hydrogen-bond acceptors (Lipinski definition) is 3. The van der Waals surface area contributed by atoms with Gasteiger partial charge >= 0.3 is 0 Å². The molecule has 0 rings (SSSR count). The third-order valence-electron chi connectivity index (χ3n) is 1.55. The molecule has 4 N–H and O–H groups in total. The van der Waals surface area contributed by atoms with Crippen molar-refractivity contribution in [2.24, 2.45) is 5.73 Å². The van der Waals surface area contributed by atoms with Gasteiger partial charge in [-0.15, -0.1) is 0 Å². The van der Waals surface area contributed by atoms with Crippen LogP contribution in [0.15, 0.2) is 0 Å². The van der Waals surface area contributed by atoms with Crippen LogP contribution in [0.3, 0.4) is 0 Å². The summed E-state index contributed by atoms with van der Waals surface area (Å²) in [7, 11) is 0. The summed E-state index contributed by atoms with van der Waals surface area (Å²) in [4.78, 5) is 0. The van der Waals surface area contributed by atoms with Gasteiger partial charge in [0.2, 0.25) is 0 Å². The minimum Gasteiger partial charge on any atom is -0.395 e. The van der Waals surface area contributed by atoms with Crippen molar-refractivity contribution in [2.45, 2.75) is 38.8 Å². The molecule has 0 fully saturated rings. The molecule has 0 bridgehead atoms. The van der Waals surface area contributed by atoms with E-state index >= 15 is 0 Å². The molecular weight excluding hydrogens is 140 g/mol. The normalized spacial score (nSPS) is 15.0. The second-order valence-corrected chi connectivity index (χ2v) is 3.72. The Bertz CT molecular complexity index is 102. The smallest absolute Gasteiger partial charge is 0.0556 e. The Balaban J connectivity index is 3.61. The van der Waals surface area contributed by atoms with Crippen molar-refractivity contribution in [3.8, 4) is 0 Å². The van der Waals surface area contributed by atoms with E-state index in [-0.39, 0.29) is 18.2 Å². The quantitative estimate of drug-likeness (QED) is 0.534. The van der Waals surface area contributed by atoms with Crippen LogP contribution in [0.2, 0.25) is 0 Å². The Morgan fingerprint density at radius 3 is 2.45 bits per heavy atom. The molecule has 0 saturated carbocycles. The second-order valence-electron chi connectivity index (χ2n) is 3.72. The molecule has 0 amide bonds. The van der Waals surface area contributed by atoms with Crippen molar-refractivity contribution in [2.75, 3.05) is 13.2 Å². The molecule has 0 aliphatic heterocycles. The molecule has 11 heavy (non-hydrogen) atoms. The van der Waals surface area contributed by atoms with Crippen molar-refractivity contribution < 1.29 is 5.11 Å². The zero-order chi connectivity index (χ0) is 8.91. The van der Waals surface area contributed by atoms with Crippen LogP contribution in [-0.2, 0) is 0 Å². The van der Waals surface area contributed by atoms with Gasteiger partial charge in [0.15, 0.2) is 0 Å². The average Bonchev–Trinajstić information content (AvgIpc) is 1.81. The maximum atomic E-state index is 8.57. The highest BCUT2D eigenvalue weighted by atomic mass is 16.3. The lowest BCUT2D eigenvalue weighted by atomic mass is 9.96. The van der Waals surface area contributed by atoms with Crippen LogP contribution >= 0.6 is 0 Å². The van der Waals surface area contributed by atoms with Gasteiger partial charge in [0, 0.05) is 18.1 Å². The lowest BCUT2D eigenvalue weighted by Crippen LogP contribution is -2.44. The fourth-order valence-corrected chi connectivity index (χ4v) is 1.27. The standard InChI is InChI=1S/C8H20N2O/c1-7(9)6-8(2,3)10-4-5-11/h7,10-11H,4-6,9H2,1-3H3/t7-/m1/s1. The van der Waals surface area contributed by atoms with Crippen LogP contribution in [0.5, 0.6) is 0 Å². The summed E-state index contributed by atoms with van der Waals surface area (Å²) in [6.07, 6.45) is 0.924. The van der Waals surface area contributed by atoms with E-state index in [1.807, 2.05) is 6.92 Å². The lowest BCUT2D eigenvalue weighted by Gasteiger charge is -2.27. The Morgan fingerprint density at radius 2 is 2.09 bits per heavy atom. The SMILES string of the molecule is C[C@@H](N)CC(C)(C)NCCO. The fourth-order valence-electron chi connectivity index (χ4n) is 1.27. The topological polar surface area (TPSA) is 58.3 Å². The van der Waals surface area contributed by atoms with Crippen molar-refractivity contribution >= 4 is 0 Å². The zero-order valence-electron chi connectivity index (χ0n) is 7.72. The van der Waals surface area contributed by atoms with Gasteiger partial charge in [0.05, 0.1) is 6.61 Å². The van der Waals surface area contributed by atoms with Crippen molar-refractivity contribution in [1.82, 2.24) is 5.32 Å². The number of nitrogens with one attached hydrogen (secondary N) is 1. The Kier molecular flexibility index (Phi) is 4.65. The Hall–Kier alpha value is -0.120. The molecule has 68 valence electrons. The summed E-state index contributed by atoms with van der Waals surface area (Å²) in [5, 5.41) is 11.8. The van der Waals surface area contributed by atoms with Crippen LogP contribution in [0.1, 0.15) is 27.2 Å². The third kappa shape index (κ3) is 6.28.